The van der Waals surface area contributed by atoms with Crippen LogP contribution in [0.2, 0.25) is 10.0 Å². The highest BCUT2D eigenvalue weighted by atomic mass is 35.5. The summed E-state index contributed by atoms with van der Waals surface area (Å²) in [5.41, 5.74) is -0.672. The monoisotopic (exact) mass is 752 g/mol. The molecule has 6 atom stereocenters. The first-order valence-electron chi connectivity index (χ1n) is 15.5. The zero-order chi connectivity index (χ0) is 36.0. The number of hydrogen-bond acceptors (Lipinski definition) is 9. The number of nitrogens with zero attached hydrogens (tertiary/aromatic N) is 6. The van der Waals surface area contributed by atoms with Crippen LogP contribution in [-0.2, 0) is 25.1 Å². The molecule has 0 aliphatic carbocycles. The van der Waals surface area contributed by atoms with Crippen molar-refractivity contribution in [3.8, 4) is 16.9 Å². The Morgan fingerprint density at radius 3 is 2.47 bits per heavy atom. The van der Waals surface area contributed by atoms with E-state index in [1.165, 1.54) is 17.8 Å². The second-order valence-corrected chi connectivity index (χ2v) is 12.6. The topological polar surface area (TPSA) is 119 Å². The molecule has 268 valence electrons. The Hall–Kier alpha value is -4.03. The molecule has 4 heterocycles. The van der Waals surface area contributed by atoms with Crippen molar-refractivity contribution in [2.24, 2.45) is 0 Å². The second-order valence-electron chi connectivity index (χ2n) is 11.7. The van der Waals surface area contributed by atoms with Gasteiger partial charge in [-0.1, -0.05) is 58.7 Å². The summed E-state index contributed by atoms with van der Waals surface area (Å²) in [4.78, 5) is 4.48. The van der Waals surface area contributed by atoms with Crippen LogP contribution < -0.4 is 0 Å². The maximum atomic E-state index is 14.4. The van der Waals surface area contributed by atoms with Gasteiger partial charge in [0, 0.05) is 16.1 Å². The molecule has 3 aromatic carbocycles. The van der Waals surface area contributed by atoms with Crippen molar-refractivity contribution in [1.82, 2.24) is 29.8 Å². The predicted molar refractivity (Wildman–Crippen MR) is 170 cm³/mol. The molecule has 0 bridgehead atoms. The molecule has 0 amide bonds. The van der Waals surface area contributed by atoms with Crippen LogP contribution >= 0.6 is 23.2 Å². The standard InChI is InChI=1S/C33H27Cl2F5N6O5/c1-16-41-31(46(43-16)24-13-19(34)7-8-20(24)33(38,39)40)30-29(48-10-9-47)27(28-25(50-30)15-49-32(51-28)17-5-3-2-4-6-17)45-14-23(42-44-45)18-11-21(36)26(35)22(37)12-18/h2-8,11-14,25,27-30,32,47H,9-10,15H2,1H3/t25-,27+,28+,29-,30-,32?/m1/s1. The summed E-state index contributed by atoms with van der Waals surface area (Å²) in [6.07, 6.45) is -8.51. The number of ether oxygens (including phenoxy) is 4. The van der Waals surface area contributed by atoms with Gasteiger partial charge in [0.1, 0.15) is 58.6 Å². The van der Waals surface area contributed by atoms with Gasteiger partial charge in [0.15, 0.2) is 12.1 Å². The number of aryl methyl sites for hydroxylation is 1. The molecule has 0 saturated carbocycles. The quantitative estimate of drug-likeness (QED) is 0.138. The summed E-state index contributed by atoms with van der Waals surface area (Å²) in [6.45, 7) is 0.766. The van der Waals surface area contributed by atoms with Crippen molar-refractivity contribution in [2.75, 3.05) is 19.8 Å². The van der Waals surface area contributed by atoms with Gasteiger partial charge in [0.2, 0.25) is 0 Å². The maximum Gasteiger partial charge on any atom is 0.418 e. The van der Waals surface area contributed by atoms with Crippen molar-refractivity contribution >= 4 is 23.2 Å². The number of rotatable bonds is 8. The van der Waals surface area contributed by atoms with Crippen LogP contribution in [0.1, 0.15) is 41.2 Å². The summed E-state index contributed by atoms with van der Waals surface area (Å²) < 4.78 is 99.4. The third kappa shape index (κ3) is 6.96. The zero-order valence-electron chi connectivity index (χ0n) is 26.3. The van der Waals surface area contributed by atoms with Crippen molar-refractivity contribution in [2.45, 2.75) is 49.8 Å². The van der Waals surface area contributed by atoms with Crippen molar-refractivity contribution in [1.29, 1.82) is 0 Å². The molecule has 0 radical (unpaired) electrons. The number of fused-ring (bicyclic) bond motifs is 1. The second kappa shape index (κ2) is 14.2. The molecule has 5 aromatic rings. The van der Waals surface area contributed by atoms with E-state index in [4.69, 9.17) is 42.1 Å². The number of alkyl halides is 3. The smallest absolute Gasteiger partial charge is 0.394 e. The summed E-state index contributed by atoms with van der Waals surface area (Å²) in [7, 11) is 0. The minimum Gasteiger partial charge on any atom is -0.394 e. The van der Waals surface area contributed by atoms with Crippen molar-refractivity contribution in [3.63, 3.8) is 0 Å². The largest absolute Gasteiger partial charge is 0.418 e. The highest BCUT2D eigenvalue weighted by Gasteiger charge is 2.54. The van der Waals surface area contributed by atoms with Crippen LogP contribution in [0.4, 0.5) is 22.0 Å². The van der Waals surface area contributed by atoms with Gasteiger partial charge in [-0.2, -0.15) is 18.3 Å². The van der Waals surface area contributed by atoms with E-state index in [0.29, 0.717) is 5.56 Å². The number of hydrogen-bond donors (Lipinski definition) is 1. The lowest BCUT2D eigenvalue weighted by Crippen LogP contribution is -2.57. The van der Waals surface area contributed by atoms with Crippen LogP contribution in [0, 0.1) is 18.6 Å². The molecule has 18 heteroatoms. The molecule has 7 rings (SSSR count). The summed E-state index contributed by atoms with van der Waals surface area (Å²) in [5, 5.41) is 21.9. The number of aliphatic hydroxyl groups is 1. The van der Waals surface area contributed by atoms with E-state index >= 15 is 0 Å². The number of aliphatic hydroxyl groups excluding tert-OH is 1. The Morgan fingerprint density at radius 1 is 1.02 bits per heavy atom. The Bertz CT molecular complexity index is 2010. The first kappa shape index (κ1) is 35.4. The molecular formula is C33H27Cl2F5N6O5. The van der Waals surface area contributed by atoms with Gasteiger partial charge in [0.25, 0.3) is 0 Å². The molecule has 11 nitrogen and oxygen atoms in total. The summed E-state index contributed by atoms with van der Waals surface area (Å²) >= 11 is 11.9. The lowest BCUT2D eigenvalue weighted by Gasteiger charge is -2.49. The van der Waals surface area contributed by atoms with Crippen LogP contribution in [0.3, 0.4) is 0 Å². The molecule has 1 N–H and O–H groups in total. The molecule has 2 aromatic heterocycles. The Balaban J connectivity index is 1.37. The van der Waals surface area contributed by atoms with Crippen molar-refractivity contribution in [3.05, 3.63) is 111 Å². The SMILES string of the molecule is Cc1nc([C@@H]2O[C@@H]3COC(c4ccccc4)O[C@@H]3[C@H](n3cc(-c4cc(F)c(Cl)c(F)c4)nn3)[C@H]2OCCO)n(-c2cc(Cl)ccc2C(F)(F)F)n1. The number of benzene rings is 3. The molecule has 1 unspecified atom stereocenters. The molecule has 2 aliphatic heterocycles. The highest BCUT2D eigenvalue weighted by molar-refractivity contribution is 6.31. The van der Waals surface area contributed by atoms with E-state index in [1.807, 2.05) is 6.07 Å². The molecule has 2 fully saturated rings. The Labute approximate surface area is 296 Å². The average molecular weight is 754 g/mol. The molecular weight excluding hydrogens is 726 g/mol. The summed E-state index contributed by atoms with van der Waals surface area (Å²) in [6, 6.07) is 13.1. The fraction of sp³-hybridized carbons (Fsp3) is 0.333. The normalized spacial score (nSPS) is 23.7. The van der Waals surface area contributed by atoms with Gasteiger partial charge in [-0.25, -0.2) is 23.1 Å². The Kier molecular flexibility index (Phi) is 9.84. The van der Waals surface area contributed by atoms with E-state index in [2.05, 4.69) is 20.4 Å². The minimum absolute atomic E-state index is 0.0129. The third-order valence-corrected chi connectivity index (χ3v) is 9.00. The fourth-order valence-electron chi connectivity index (χ4n) is 6.23. The van der Waals surface area contributed by atoms with Gasteiger partial charge in [-0.15, -0.1) is 5.10 Å². The van der Waals surface area contributed by atoms with Gasteiger partial charge >= 0.3 is 6.18 Å². The lowest BCUT2D eigenvalue weighted by molar-refractivity contribution is -0.323. The van der Waals surface area contributed by atoms with E-state index in [0.717, 1.165) is 35.0 Å². The minimum atomic E-state index is -4.79. The first-order chi connectivity index (χ1) is 24.4. The van der Waals surface area contributed by atoms with E-state index in [1.54, 1.807) is 24.3 Å². The van der Waals surface area contributed by atoms with Gasteiger partial charge in [-0.05, 0) is 37.3 Å². The van der Waals surface area contributed by atoms with Gasteiger partial charge in [-0.3, -0.25) is 0 Å². The van der Waals surface area contributed by atoms with Crippen LogP contribution in [0.5, 0.6) is 0 Å². The zero-order valence-corrected chi connectivity index (χ0v) is 27.9. The maximum absolute atomic E-state index is 14.4. The third-order valence-electron chi connectivity index (χ3n) is 8.41. The predicted octanol–water partition coefficient (Wildman–Crippen LogP) is 6.61. The summed E-state index contributed by atoms with van der Waals surface area (Å²) in [5.74, 6) is -2.00. The van der Waals surface area contributed by atoms with E-state index < -0.39 is 77.4 Å². The average Bonchev–Trinajstić information content (AvgIpc) is 3.75. The number of halogens is 7. The van der Waals surface area contributed by atoms with Gasteiger partial charge in [0.05, 0.1) is 37.3 Å². The fourth-order valence-corrected chi connectivity index (χ4v) is 6.51. The highest BCUT2D eigenvalue weighted by Crippen LogP contribution is 2.46. The van der Waals surface area contributed by atoms with Crippen LogP contribution in [-0.4, -0.2) is 73.0 Å². The van der Waals surface area contributed by atoms with Crippen LogP contribution in [0.15, 0.2) is 66.9 Å². The molecule has 2 saturated heterocycles. The number of aromatic nitrogens is 6. The van der Waals surface area contributed by atoms with Crippen LogP contribution in [0.25, 0.3) is 16.9 Å². The van der Waals surface area contributed by atoms with E-state index in [-0.39, 0.29) is 41.1 Å². The lowest BCUT2D eigenvalue weighted by atomic mass is 9.90. The molecule has 2 aliphatic rings. The molecule has 51 heavy (non-hydrogen) atoms. The van der Waals surface area contributed by atoms with Crippen molar-refractivity contribution < 1.29 is 46.0 Å². The Morgan fingerprint density at radius 2 is 1.76 bits per heavy atom. The van der Waals surface area contributed by atoms with Gasteiger partial charge < -0.3 is 24.1 Å². The first-order valence-corrected chi connectivity index (χ1v) is 16.3. The van der Waals surface area contributed by atoms with E-state index in [9.17, 15) is 27.1 Å². The molecule has 0 spiro atoms.